The minimum Gasteiger partial charge on any atom is -0.494 e. The highest BCUT2D eigenvalue weighted by atomic mass is 32.2. The number of amides is 1. The maximum Gasteiger partial charge on any atom is 0.231 e. The van der Waals surface area contributed by atoms with E-state index in [9.17, 15) is 4.79 Å². The van der Waals surface area contributed by atoms with Crippen molar-refractivity contribution < 1.29 is 9.53 Å². The summed E-state index contributed by atoms with van der Waals surface area (Å²) in [5.41, 5.74) is 3.05. The van der Waals surface area contributed by atoms with Crippen LogP contribution in [0.5, 0.6) is 5.75 Å². The van der Waals surface area contributed by atoms with Gasteiger partial charge in [-0.05, 0) is 36.2 Å². The summed E-state index contributed by atoms with van der Waals surface area (Å²) in [7, 11) is 0. The Morgan fingerprint density at radius 2 is 1.70 bits per heavy atom. The van der Waals surface area contributed by atoms with E-state index in [0.29, 0.717) is 12.4 Å². The van der Waals surface area contributed by atoms with Gasteiger partial charge in [-0.1, -0.05) is 72.4 Å². The fourth-order valence-electron chi connectivity index (χ4n) is 3.18. The summed E-state index contributed by atoms with van der Waals surface area (Å²) in [5.74, 6) is 1.14. The van der Waals surface area contributed by atoms with Gasteiger partial charge in [-0.15, -0.1) is 11.3 Å². The number of aromatic nitrogens is 1. The molecule has 0 saturated heterocycles. The van der Waals surface area contributed by atoms with Crippen molar-refractivity contribution in [3.8, 4) is 5.75 Å². The standard InChI is InChI=1S/C24H22N2O2S2/c1-2-28-19-13-14-20-21(15-19)30-24(25-20)29-16-22(27)26-23(17-9-5-3-6-10-17)18-11-7-4-8-12-18/h3-15,23H,2,16H2,1H3,(H,26,27). The van der Waals surface area contributed by atoms with Crippen LogP contribution in [0.4, 0.5) is 0 Å². The van der Waals surface area contributed by atoms with Gasteiger partial charge >= 0.3 is 0 Å². The van der Waals surface area contributed by atoms with Crippen molar-refractivity contribution in [1.82, 2.24) is 10.3 Å². The number of benzene rings is 3. The minimum absolute atomic E-state index is 0.0213. The Balaban J connectivity index is 1.44. The van der Waals surface area contributed by atoms with Crippen LogP contribution in [0.3, 0.4) is 0 Å². The van der Waals surface area contributed by atoms with Gasteiger partial charge in [0.15, 0.2) is 4.34 Å². The van der Waals surface area contributed by atoms with Gasteiger partial charge < -0.3 is 10.1 Å². The molecule has 0 atom stereocenters. The first-order valence-electron chi connectivity index (χ1n) is 9.78. The first-order valence-corrected chi connectivity index (χ1v) is 11.6. The Hall–Kier alpha value is -2.83. The molecule has 0 spiro atoms. The second kappa shape index (κ2) is 9.78. The van der Waals surface area contributed by atoms with Gasteiger partial charge in [0.25, 0.3) is 0 Å². The Bertz CT molecular complexity index is 1070. The number of ether oxygens (including phenoxy) is 1. The van der Waals surface area contributed by atoms with E-state index in [1.54, 1.807) is 11.3 Å². The van der Waals surface area contributed by atoms with Gasteiger partial charge in [0.05, 0.1) is 28.6 Å². The smallest absolute Gasteiger partial charge is 0.231 e. The number of fused-ring (bicyclic) bond motifs is 1. The molecule has 0 aliphatic carbocycles. The molecule has 4 rings (SSSR count). The average Bonchev–Trinajstić information content (AvgIpc) is 3.20. The van der Waals surface area contributed by atoms with Gasteiger partial charge in [-0.25, -0.2) is 4.98 Å². The molecule has 1 N–H and O–H groups in total. The fraction of sp³-hybridized carbons (Fsp3) is 0.167. The highest BCUT2D eigenvalue weighted by Crippen LogP contribution is 2.32. The molecule has 4 nitrogen and oxygen atoms in total. The van der Waals surface area contributed by atoms with Gasteiger partial charge in [0, 0.05) is 0 Å². The molecule has 0 aliphatic heterocycles. The number of rotatable bonds is 8. The van der Waals surface area contributed by atoms with E-state index in [1.165, 1.54) is 11.8 Å². The lowest BCUT2D eigenvalue weighted by Gasteiger charge is -2.19. The number of thioether (sulfide) groups is 1. The van der Waals surface area contributed by atoms with Crippen molar-refractivity contribution in [3.05, 3.63) is 90.0 Å². The van der Waals surface area contributed by atoms with E-state index in [1.807, 2.05) is 85.8 Å². The summed E-state index contributed by atoms with van der Waals surface area (Å²) in [6.45, 7) is 2.60. The van der Waals surface area contributed by atoms with Crippen molar-refractivity contribution in [3.63, 3.8) is 0 Å². The van der Waals surface area contributed by atoms with Gasteiger partial charge in [0.2, 0.25) is 5.91 Å². The Labute approximate surface area is 184 Å². The highest BCUT2D eigenvalue weighted by Gasteiger charge is 2.17. The van der Waals surface area contributed by atoms with Gasteiger partial charge in [-0.3, -0.25) is 4.79 Å². The van der Waals surface area contributed by atoms with Crippen molar-refractivity contribution in [2.75, 3.05) is 12.4 Å². The zero-order valence-electron chi connectivity index (χ0n) is 16.6. The minimum atomic E-state index is -0.176. The first kappa shape index (κ1) is 20.4. The summed E-state index contributed by atoms with van der Waals surface area (Å²) in [4.78, 5) is 17.4. The van der Waals surface area contributed by atoms with E-state index in [4.69, 9.17) is 4.74 Å². The van der Waals surface area contributed by atoms with Crippen LogP contribution in [0.15, 0.2) is 83.2 Å². The number of nitrogens with zero attached hydrogens (tertiary/aromatic N) is 1. The van der Waals surface area contributed by atoms with Crippen molar-refractivity contribution in [2.45, 2.75) is 17.3 Å². The molecule has 152 valence electrons. The molecule has 4 aromatic rings. The van der Waals surface area contributed by atoms with Crippen LogP contribution in [0, 0.1) is 0 Å². The molecule has 0 aliphatic rings. The lowest BCUT2D eigenvalue weighted by molar-refractivity contribution is -0.119. The Kier molecular flexibility index (Phi) is 6.67. The third-order valence-electron chi connectivity index (χ3n) is 4.55. The summed E-state index contributed by atoms with van der Waals surface area (Å²) in [6, 6.07) is 25.8. The number of carbonyl (C=O) groups excluding carboxylic acids is 1. The van der Waals surface area contributed by atoms with Crippen molar-refractivity contribution in [2.24, 2.45) is 0 Å². The van der Waals surface area contributed by atoms with Crippen LogP contribution in [0.2, 0.25) is 0 Å². The summed E-state index contributed by atoms with van der Waals surface area (Å²) < 4.78 is 7.50. The molecule has 1 heterocycles. The quantitative estimate of drug-likeness (QED) is 0.362. The molecule has 1 aromatic heterocycles. The zero-order chi connectivity index (χ0) is 20.8. The Morgan fingerprint density at radius 1 is 1.03 bits per heavy atom. The maximum absolute atomic E-state index is 12.8. The number of thiazole rings is 1. The van der Waals surface area contributed by atoms with Crippen molar-refractivity contribution >= 4 is 39.2 Å². The van der Waals surface area contributed by atoms with E-state index in [2.05, 4.69) is 10.3 Å². The molecule has 0 unspecified atom stereocenters. The number of carbonyl (C=O) groups is 1. The second-order valence-electron chi connectivity index (χ2n) is 6.65. The van der Waals surface area contributed by atoms with Crippen LogP contribution in [-0.2, 0) is 4.79 Å². The molecular formula is C24H22N2O2S2. The fourth-order valence-corrected chi connectivity index (χ4v) is 5.09. The molecule has 1 amide bonds. The zero-order valence-corrected chi connectivity index (χ0v) is 18.2. The number of hydrogen-bond acceptors (Lipinski definition) is 5. The average molecular weight is 435 g/mol. The van der Waals surface area contributed by atoms with Crippen molar-refractivity contribution in [1.29, 1.82) is 0 Å². The SMILES string of the molecule is CCOc1ccc2nc(SCC(=O)NC(c3ccccc3)c3ccccc3)sc2c1. The third kappa shape index (κ3) is 5.01. The van der Waals surface area contributed by atoms with Crippen LogP contribution in [0.1, 0.15) is 24.1 Å². The molecule has 0 fully saturated rings. The maximum atomic E-state index is 12.8. The highest BCUT2D eigenvalue weighted by molar-refractivity contribution is 8.01. The molecule has 0 bridgehead atoms. The number of hydrogen-bond donors (Lipinski definition) is 1. The third-order valence-corrected chi connectivity index (χ3v) is 6.71. The molecule has 0 saturated carbocycles. The van der Waals surface area contributed by atoms with E-state index >= 15 is 0 Å². The largest absolute Gasteiger partial charge is 0.494 e. The van der Waals surface area contributed by atoms with Gasteiger partial charge in [0.1, 0.15) is 5.75 Å². The Morgan fingerprint density at radius 3 is 2.33 bits per heavy atom. The first-order chi connectivity index (χ1) is 14.7. The van der Waals surface area contributed by atoms with E-state index in [-0.39, 0.29) is 11.9 Å². The molecule has 0 radical (unpaired) electrons. The lowest BCUT2D eigenvalue weighted by atomic mass is 9.99. The van der Waals surface area contributed by atoms with E-state index < -0.39 is 0 Å². The van der Waals surface area contributed by atoms with Crippen LogP contribution < -0.4 is 10.1 Å². The summed E-state index contributed by atoms with van der Waals surface area (Å²) in [6.07, 6.45) is 0. The predicted octanol–water partition coefficient (Wildman–Crippen LogP) is 5.69. The molecule has 6 heteroatoms. The number of nitrogens with one attached hydrogen (secondary N) is 1. The van der Waals surface area contributed by atoms with E-state index in [0.717, 1.165) is 31.4 Å². The van der Waals surface area contributed by atoms with Gasteiger partial charge in [-0.2, -0.15) is 0 Å². The normalized spacial score (nSPS) is 11.0. The molecule has 3 aromatic carbocycles. The topological polar surface area (TPSA) is 51.2 Å². The lowest BCUT2D eigenvalue weighted by Crippen LogP contribution is -2.30. The molecular weight excluding hydrogens is 412 g/mol. The monoisotopic (exact) mass is 434 g/mol. The van der Waals surface area contributed by atoms with Crippen LogP contribution in [-0.4, -0.2) is 23.3 Å². The predicted molar refractivity (Wildman–Crippen MR) is 124 cm³/mol. The second-order valence-corrected chi connectivity index (χ2v) is 8.91. The van der Waals surface area contributed by atoms with Crippen LogP contribution in [0.25, 0.3) is 10.2 Å². The summed E-state index contributed by atoms with van der Waals surface area (Å²) >= 11 is 3.04. The van der Waals surface area contributed by atoms with Crippen LogP contribution >= 0.6 is 23.1 Å². The summed E-state index contributed by atoms with van der Waals surface area (Å²) in [5, 5.41) is 3.18. The molecule has 30 heavy (non-hydrogen) atoms.